The number of carbonyl (C=O) groups excluding carboxylic acids is 1. The summed E-state index contributed by atoms with van der Waals surface area (Å²) >= 11 is 6.14. The van der Waals surface area contributed by atoms with E-state index in [-0.39, 0.29) is 18.5 Å². The average Bonchev–Trinajstić information content (AvgIpc) is 2.88. The van der Waals surface area contributed by atoms with Gasteiger partial charge in [-0.25, -0.2) is 0 Å². The van der Waals surface area contributed by atoms with Gasteiger partial charge in [0.25, 0.3) is 0 Å². The van der Waals surface area contributed by atoms with Crippen LogP contribution >= 0.6 is 11.6 Å². The number of rotatable bonds is 3. The number of hydrogen-bond acceptors (Lipinski definition) is 2. The molecule has 0 radical (unpaired) electrons. The third-order valence-corrected chi connectivity index (χ3v) is 5.31. The molecule has 118 valence electrons. The number of carbonyl (C=O) groups is 1. The van der Waals surface area contributed by atoms with Crippen LogP contribution < -0.4 is 5.32 Å². The fraction of sp³-hybridized carbons (Fsp3) is 0.529. The molecule has 2 aromatic rings. The molecule has 1 aliphatic rings. The van der Waals surface area contributed by atoms with E-state index in [9.17, 15) is 4.79 Å². The summed E-state index contributed by atoms with van der Waals surface area (Å²) in [6, 6.07) is 5.93. The molecule has 22 heavy (non-hydrogen) atoms. The molecule has 0 spiro atoms. The van der Waals surface area contributed by atoms with E-state index in [0.29, 0.717) is 16.9 Å². The molecular weight excluding hydrogens is 298 g/mol. The number of benzene rings is 1. The van der Waals surface area contributed by atoms with Crippen LogP contribution in [-0.4, -0.2) is 21.7 Å². The molecular formula is C17H22ClN3O. The molecule has 1 saturated carbocycles. The number of nitrogens with zero attached hydrogens (tertiary/aromatic N) is 2. The van der Waals surface area contributed by atoms with Crippen molar-refractivity contribution < 1.29 is 4.79 Å². The van der Waals surface area contributed by atoms with Crippen LogP contribution in [0.25, 0.3) is 10.9 Å². The summed E-state index contributed by atoms with van der Waals surface area (Å²) < 4.78 is 1.72. The van der Waals surface area contributed by atoms with Crippen molar-refractivity contribution in [3.8, 4) is 0 Å². The SMILES string of the molecule is C[C@H]1[C@H](C)CCC[C@@H]1NC(=O)Cn1ncc2c(Cl)cccc21. The summed E-state index contributed by atoms with van der Waals surface area (Å²) in [6.07, 6.45) is 5.24. The third-order valence-electron chi connectivity index (χ3n) is 4.98. The molecule has 1 N–H and O–H groups in total. The quantitative estimate of drug-likeness (QED) is 0.939. The Hall–Kier alpha value is -1.55. The molecule has 0 bridgehead atoms. The van der Waals surface area contributed by atoms with Gasteiger partial charge in [0.1, 0.15) is 6.54 Å². The standard InChI is InChI=1S/C17H22ClN3O/c1-11-5-3-7-15(12(11)2)20-17(22)10-21-16-8-4-6-14(18)13(16)9-19-21/h4,6,8-9,11-12,15H,3,5,7,10H2,1-2H3,(H,20,22)/t11-,12+,15+/m1/s1. The van der Waals surface area contributed by atoms with Crippen LogP contribution in [0.5, 0.6) is 0 Å². The maximum atomic E-state index is 12.4. The first-order valence-corrected chi connectivity index (χ1v) is 8.33. The first kappa shape index (κ1) is 15.3. The molecule has 0 aliphatic heterocycles. The summed E-state index contributed by atoms with van der Waals surface area (Å²) in [5.41, 5.74) is 0.896. The Morgan fingerprint density at radius 2 is 2.23 bits per heavy atom. The molecule has 3 rings (SSSR count). The fourth-order valence-corrected chi connectivity index (χ4v) is 3.59. The second kappa shape index (κ2) is 6.29. The summed E-state index contributed by atoms with van der Waals surface area (Å²) in [7, 11) is 0. The topological polar surface area (TPSA) is 46.9 Å². The Morgan fingerprint density at radius 1 is 1.41 bits per heavy atom. The highest BCUT2D eigenvalue weighted by molar-refractivity contribution is 6.35. The van der Waals surface area contributed by atoms with Crippen molar-refractivity contribution in [3.63, 3.8) is 0 Å². The first-order chi connectivity index (χ1) is 10.6. The molecule has 5 heteroatoms. The van der Waals surface area contributed by atoms with Gasteiger partial charge in [0.05, 0.1) is 16.7 Å². The third kappa shape index (κ3) is 2.98. The first-order valence-electron chi connectivity index (χ1n) is 7.95. The molecule has 1 aliphatic carbocycles. The number of nitrogens with one attached hydrogen (secondary N) is 1. The van der Waals surface area contributed by atoms with Crippen molar-refractivity contribution in [3.05, 3.63) is 29.4 Å². The van der Waals surface area contributed by atoms with Crippen LogP contribution in [-0.2, 0) is 11.3 Å². The Kier molecular flexibility index (Phi) is 4.39. The highest BCUT2D eigenvalue weighted by Crippen LogP contribution is 2.29. The Balaban J connectivity index is 1.70. The average molecular weight is 320 g/mol. The molecule has 1 aromatic carbocycles. The summed E-state index contributed by atoms with van der Waals surface area (Å²) in [5.74, 6) is 1.22. The zero-order chi connectivity index (χ0) is 15.7. The van der Waals surface area contributed by atoms with Gasteiger partial charge in [0.15, 0.2) is 0 Å². The van der Waals surface area contributed by atoms with Gasteiger partial charge in [-0.2, -0.15) is 5.10 Å². The minimum Gasteiger partial charge on any atom is -0.351 e. The van der Waals surface area contributed by atoms with Crippen LogP contribution in [0.3, 0.4) is 0 Å². The van der Waals surface area contributed by atoms with Gasteiger partial charge in [0, 0.05) is 11.4 Å². The lowest BCUT2D eigenvalue weighted by molar-refractivity contribution is -0.123. The lowest BCUT2D eigenvalue weighted by Crippen LogP contribution is -2.44. The van der Waals surface area contributed by atoms with E-state index in [4.69, 9.17) is 11.6 Å². The monoisotopic (exact) mass is 319 g/mol. The second-order valence-electron chi connectivity index (χ2n) is 6.42. The van der Waals surface area contributed by atoms with Gasteiger partial charge in [-0.15, -0.1) is 0 Å². The van der Waals surface area contributed by atoms with Crippen LogP contribution in [0.15, 0.2) is 24.4 Å². The van der Waals surface area contributed by atoms with E-state index in [0.717, 1.165) is 17.3 Å². The predicted octanol–water partition coefficient (Wildman–Crippen LogP) is 3.63. The van der Waals surface area contributed by atoms with Gasteiger partial charge in [-0.1, -0.05) is 44.4 Å². The van der Waals surface area contributed by atoms with Crippen LogP contribution in [0, 0.1) is 11.8 Å². The minimum atomic E-state index is 0.0240. The van der Waals surface area contributed by atoms with Gasteiger partial charge in [-0.05, 0) is 30.4 Å². The molecule has 1 fully saturated rings. The molecule has 4 nitrogen and oxygen atoms in total. The van der Waals surface area contributed by atoms with Crippen molar-refractivity contribution in [2.75, 3.05) is 0 Å². The maximum Gasteiger partial charge on any atom is 0.241 e. The summed E-state index contributed by atoms with van der Waals surface area (Å²) in [6.45, 7) is 4.74. The van der Waals surface area contributed by atoms with Crippen molar-refractivity contribution in [2.45, 2.75) is 45.7 Å². The molecule has 1 amide bonds. The van der Waals surface area contributed by atoms with Gasteiger partial charge in [-0.3, -0.25) is 9.48 Å². The Bertz CT molecular complexity index is 682. The predicted molar refractivity (Wildman–Crippen MR) is 88.9 cm³/mol. The zero-order valence-corrected chi connectivity index (χ0v) is 13.8. The zero-order valence-electron chi connectivity index (χ0n) is 13.1. The van der Waals surface area contributed by atoms with E-state index < -0.39 is 0 Å². The van der Waals surface area contributed by atoms with Crippen LogP contribution in [0.2, 0.25) is 5.02 Å². The fourth-order valence-electron chi connectivity index (χ4n) is 3.37. The largest absolute Gasteiger partial charge is 0.351 e. The normalized spacial score (nSPS) is 25.3. The molecule has 1 heterocycles. The lowest BCUT2D eigenvalue weighted by atomic mass is 9.78. The van der Waals surface area contributed by atoms with E-state index in [1.54, 1.807) is 10.9 Å². The number of hydrogen-bond donors (Lipinski definition) is 1. The molecule has 0 unspecified atom stereocenters. The molecule has 1 aromatic heterocycles. The second-order valence-corrected chi connectivity index (χ2v) is 6.82. The number of aromatic nitrogens is 2. The highest BCUT2D eigenvalue weighted by Gasteiger charge is 2.28. The van der Waals surface area contributed by atoms with E-state index >= 15 is 0 Å². The van der Waals surface area contributed by atoms with Crippen molar-refractivity contribution >= 4 is 28.4 Å². The lowest BCUT2D eigenvalue weighted by Gasteiger charge is -2.34. The van der Waals surface area contributed by atoms with E-state index in [1.807, 2.05) is 18.2 Å². The van der Waals surface area contributed by atoms with Gasteiger partial charge in [0.2, 0.25) is 5.91 Å². The van der Waals surface area contributed by atoms with Crippen LogP contribution in [0.1, 0.15) is 33.1 Å². The molecule has 3 atom stereocenters. The van der Waals surface area contributed by atoms with Gasteiger partial charge < -0.3 is 5.32 Å². The summed E-state index contributed by atoms with van der Waals surface area (Å²) in [5, 5.41) is 9.03. The maximum absolute atomic E-state index is 12.4. The van der Waals surface area contributed by atoms with E-state index in [2.05, 4.69) is 24.3 Å². The highest BCUT2D eigenvalue weighted by atomic mass is 35.5. The van der Waals surface area contributed by atoms with Crippen molar-refractivity contribution in [2.24, 2.45) is 11.8 Å². The number of amides is 1. The van der Waals surface area contributed by atoms with Gasteiger partial charge >= 0.3 is 0 Å². The Morgan fingerprint density at radius 3 is 3.05 bits per heavy atom. The minimum absolute atomic E-state index is 0.0240. The van der Waals surface area contributed by atoms with E-state index in [1.165, 1.54) is 12.8 Å². The summed E-state index contributed by atoms with van der Waals surface area (Å²) in [4.78, 5) is 12.4. The Labute approximate surface area is 135 Å². The van der Waals surface area contributed by atoms with Crippen LogP contribution in [0.4, 0.5) is 0 Å². The smallest absolute Gasteiger partial charge is 0.241 e. The number of fused-ring (bicyclic) bond motifs is 1. The number of halogens is 1. The van der Waals surface area contributed by atoms with Crippen molar-refractivity contribution in [1.29, 1.82) is 0 Å². The van der Waals surface area contributed by atoms with Crippen molar-refractivity contribution in [1.82, 2.24) is 15.1 Å². The molecule has 0 saturated heterocycles.